The number of carbonyl (C=O) groups excluding carboxylic acids is 1. The Labute approximate surface area is 110 Å². The van der Waals surface area contributed by atoms with Gasteiger partial charge in [0.15, 0.2) is 5.82 Å². The van der Waals surface area contributed by atoms with E-state index in [9.17, 15) is 4.79 Å². The number of aromatic nitrogens is 3. The normalized spacial score (nSPS) is 16.8. The lowest BCUT2D eigenvalue weighted by molar-refractivity contribution is -0.121. The lowest BCUT2D eigenvalue weighted by Crippen LogP contribution is -2.38. The highest BCUT2D eigenvalue weighted by Gasteiger charge is 2.26. The fraction of sp³-hybridized carbons (Fsp3) is 0.308. The van der Waals surface area contributed by atoms with E-state index in [4.69, 9.17) is 0 Å². The fourth-order valence-corrected chi connectivity index (χ4v) is 2.21. The molecule has 0 aliphatic carbocycles. The molecule has 6 heteroatoms. The Morgan fingerprint density at radius 1 is 1.53 bits per heavy atom. The van der Waals surface area contributed by atoms with Crippen molar-refractivity contribution in [1.82, 2.24) is 20.1 Å². The van der Waals surface area contributed by atoms with E-state index in [1.54, 1.807) is 10.9 Å². The van der Waals surface area contributed by atoms with Gasteiger partial charge in [0.25, 0.3) is 0 Å². The Balaban J connectivity index is 1.60. The monoisotopic (exact) mass is 257 g/mol. The molecule has 1 amide bonds. The summed E-state index contributed by atoms with van der Waals surface area (Å²) in [5, 5.41) is 13.8. The van der Waals surface area contributed by atoms with Crippen molar-refractivity contribution in [3.05, 3.63) is 42.0 Å². The number of para-hydroxylation sites is 1. The first-order valence-corrected chi connectivity index (χ1v) is 6.19. The second-order valence-corrected chi connectivity index (χ2v) is 4.63. The maximum Gasteiger partial charge on any atom is 0.243 e. The quantitative estimate of drug-likeness (QED) is 0.838. The maximum atomic E-state index is 12.1. The molecule has 98 valence electrons. The molecule has 0 saturated carbocycles. The van der Waals surface area contributed by atoms with Crippen LogP contribution < -0.4 is 10.6 Å². The van der Waals surface area contributed by atoms with Gasteiger partial charge in [0, 0.05) is 19.2 Å². The summed E-state index contributed by atoms with van der Waals surface area (Å²) in [6.45, 7) is 0.393. The molecule has 1 atom stereocenters. The second kappa shape index (κ2) is 4.72. The molecule has 19 heavy (non-hydrogen) atoms. The Morgan fingerprint density at radius 3 is 3.11 bits per heavy atom. The first kappa shape index (κ1) is 11.7. The van der Waals surface area contributed by atoms with Crippen molar-refractivity contribution < 1.29 is 4.79 Å². The van der Waals surface area contributed by atoms with E-state index < -0.39 is 0 Å². The summed E-state index contributed by atoms with van der Waals surface area (Å²) in [6, 6.07) is 7.78. The van der Waals surface area contributed by atoms with E-state index in [1.165, 1.54) is 5.56 Å². The minimum atomic E-state index is -0.203. The van der Waals surface area contributed by atoms with Crippen LogP contribution in [0.25, 0.3) is 0 Å². The van der Waals surface area contributed by atoms with Crippen molar-refractivity contribution in [2.75, 3.05) is 5.32 Å². The van der Waals surface area contributed by atoms with Crippen LogP contribution >= 0.6 is 0 Å². The van der Waals surface area contributed by atoms with Gasteiger partial charge >= 0.3 is 0 Å². The lowest BCUT2D eigenvalue weighted by atomic mass is 10.1. The van der Waals surface area contributed by atoms with Crippen molar-refractivity contribution in [3.63, 3.8) is 0 Å². The number of hydrogen-bond donors (Lipinski definition) is 2. The lowest BCUT2D eigenvalue weighted by Gasteiger charge is -2.11. The number of benzene rings is 1. The third-order valence-electron chi connectivity index (χ3n) is 3.31. The van der Waals surface area contributed by atoms with Gasteiger partial charge in [-0.15, -0.1) is 10.2 Å². The van der Waals surface area contributed by atoms with Gasteiger partial charge in [0.2, 0.25) is 5.91 Å². The van der Waals surface area contributed by atoms with E-state index in [0.29, 0.717) is 6.54 Å². The largest absolute Gasteiger partial charge is 0.373 e. The third-order valence-corrected chi connectivity index (χ3v) is 3.31. The molecule has 1 aromatic heterocycles. The molecule has 2 N–H and O–H groups in total. The van der Waals surface area contributed by atoms with Gasteiger partial charge in [-0.3, -0.25) is 4.79 Å². The molecule has 0 saturated heterocycles. The van der Waals surface area contributed by atoms with Gasteiger partial charge in [-0.1, -0.05) is 18.2 Å². The van der Waals surface area contributed by atoms with Crippen molar-refractivity contribution in [1.29, 1.82) is 0 Å². The van der Waals surface area contributed by atoms with Crippen LogP contribution in [0, 0.1) is 0 Å². The maximum absolute atomic E-state index is 12.1. The fourth-order valence-electron chi connectivity index (χ4n) is 2.21. The van der Waals surface area contributed by atoms with Gasteiger partial charge in [-0.25, -0.2) is 0 Å². The summed E-state index contributed by atoms with van der Waals surface area (Å²) < 4.78 is 1.79. The van der Waals surface area contributed by atoms with E-state index in [0.717, 1.165) is 17.9 Å². The number of carbonyl (C=O) groups is 1. The van der Waals surface area contributed by atoms with E-state index in [1.807, 2.05) is 31.3 Å². The molecule has 0 fully saturated rings. The van der Waals surface area contributed by atoms with Crippen LogP contribution in [-0.2, 0) is 24.8 Å². The summed E-state index contributed by atoms with van der Waals surface area (Å²) in [6.07, 6.45) is 2.34. The molecule has 1 aliphatic heterocycles. The predicted octanol–water partition coefficient (Wildman–Crippen LogP) is 0.468. The predicted molar refractivity (Wildman–Crippen MR) is 70.4 cm³/mol. The van der Waals surface area contributed by atoms with Crippen LogP contribution in [-0.4, -0.2) is 26.7 Å². The molecule has 2 heterocycles. The summed E-state index contributed by atoms with van der Waals surface area (Å²) in [7, 11) is 1.85. The number of nitrogens with zero attached hydrogens (tertiary/aromatic N) is 3. The van der Waals surface area contributed by atoms with Gasteiger partial charge in [-0.05, 0) is 11.6 Å². The minimum Gasteiger partial charge on any atom is -0.373 e. The van der Waals surface area contributed by atoms with E-state index in [2.05, 4.69) is 20.8 Å². The molecule has 0 radical (unpaired) electrons. The standard InChI is InChI=1S/C13H15N5O/c1-18-8-15-17-12(18)7-14-13(19)11-6-9-4-2-3-5-10(9)16-11/h2-5,8,11,16H,6-7H2,1H3,(H,14,19)/t11-/m0/s1. The molecular weight excluding hydrogens is 242 g/mol. The third kappa shape index (κ3) is 2.29. The summed E-state index contributed by atoms with van der Waals surface area (Å²) in [5.74, 6) is 0.725. The zero-order valence-corrected chi connectivity index (χ0v) is 10.6. The molecule has 3 rings (SSSR count). The number of hydrogen-bond acceptors (Lipinski definition) is 4. The number of amides is 1. The Bertz CT molecular complexity index is 582. The van der Waals surface area contributed by atoms with E-state index >= 15 is 0 Å². The van der Waals surface area contributed by atoms with Crippen LogP contribution in [0.15, 0.2) is 30.6 Å². The first-order valence-electron chi connectivity index (χ1n) is 6.19. The summed E-state index contributed by atoms with van der Waals surface area (Å²) >= 11 is 0. The topological polar surface area (TPSA) is 71.8 Å². The average Bonchev–Trinajstić information content (AvgIpc) is 3.01. The van der Waals surface area contributed by atoms with Crippen LogP contribution in [0.3, 0.4) is 0 Å². The Kier molecular flexibility index (Phi) is 2.91. The number of anilines is 1. The summed E-state index contributed by atoms with van der Waals surface area (Å²) in [5.41, 5.74) is 2.22. The minimum absolute atomic E-state index is 0.0146. The number of nitrogens with one attached hydrogen (secondary N) is 2. The van der Waals surface area contributed by atoms with Crippen molar-refractivity contribution in [3.8, 4) is 0 Å². The molecule has 6 nitrogen and oxygen atoms in total. The zero-order valence-electron chi connectivity index (χ0n) is 10.6. The number of aryl methyl sites for hydroxylation is 1. The summed E-state index contributed by atoms with van der Waals surface area (Å²) in [4.78, 5) is 12.1. The molecule has 0 bridgehead atoms. The van der Waals surface area contributed by atoms with Gasteiger partial charge in [0.05, 0.1) is 6.54 Å². The molecule has 1 aromatic carbocycles. The Hall–Kier alpha value is -2.37. The average molecular weight is 257 g/mol. The highest BCUT2D eigenvalue weighted by Crippen LogP contribution is 2.24. The second-order valence-electron chi connectivity index (χ2n) is 4.63. The van der Waals surface area contributed by atoms with Crippen LogP contribution in [0.5, 0.6) is 0 Å². The zero-order chi connectivity index (χ0) is 13.2. The van der Waals surface area contributed by atoms with Crippen LogP contribution in [0.1, 0.15) is 11.4 Å². The highest BCUT2D eigenvalue weighted by molar-refractivity contribution is 5.87. The molecular formula is C13H15N5O. The number of rotatable bonds is 3. The van der Waals surface area contributed by atoms with Crippen molar-refractivity contribution in [2.24, 2.45) is 7.05 Å². The van der Waals surface area contributed by atoms with Gasteiger partial charge in [-0.2, -0.15) is 0 Å². The first-order chi connectivity index (χ1) is 9.24. The molecule has 1 aliphatic rings. The molecule has 2 aromatic rings. The smallest absolute Gasteiger partial charge is 0.243 e. The van der Waals surface area contributed by atoms with Crippen LogP contribution in [0.2, 0.25) is 0 Å². The van der Waals surface area contributed by atoms with Crippen LogP contribution in [0.4, 0.5) is 5.69 Å². The molecule has 0 unspecified atom stereocenters. The van der Waals surface area contributed by atoms with Gasteiger partial charge in [0.1, 0.15) is 12.4 Å². The van der Waals surface area contributed by atoms with Crippen molar-refractivity contribution in [2.45, 2.75) is 19.0 Å². The van der Waals surface area contributed by atoms with E-state index in [-0.39, 0.29) is 11.9 Å². The highest BCUT2D eigenvalue weighted by atomic mass is 16.2. The SMILES string of the molecule is Cn1cnnc1CNC(=O)[C@@H]1Cc2ccccc2N1. The van der Waals surface area contributed by atoms with Crippen molar-refractivity contribution >= 4 is 11.6 Å². The van der Waals surface area contributed by atoms with Gasteiger partial charge < -0.3 is 15.2 Å². The Morgan fingerprint density at radius 2 is 2.37 bits per heavy atom. The molecule has 0 spiro atoms. The number of fused-ring (bicyclic) bond motifs is 1.